The zero-order valence-corrected chi connectivity index (χ0v) is 15.1. The van der Waals surface area contributed by atoms with Gasteiger partial charge in [-0.15, -0.1) is 0 Å². The number of nitrogens with zero attached hydrogens (tertiary/aromatic N) is 2. The van der Waals surface area contributed by atoms with Crippen LogP contribution in [0.4, 0.5) is 11.5 Å². The summed E-state index contributed by atoms with van der Waals surface area (Å²) in [6, 6.07) is 9.60. The summed E-state index contributed by atoms with van der Waals surface area (Å²) >= 11 is 0. The second kappa shape index (κ2) is 8.49. The molecule has 1 saturated heterocycles. The van der Waals surface area contributed by atoms with Crippen molar-refractivity contribution in [2.24, 2.45) is 0 Å². The molecular weight excluding hydrogens is 330 g/mol. The maximum atomic E-state index is 12.2. The van der Waals surface area contributed by atoms with Gasteiger partial charge in [0.15, 0.2) is 0 Å². The fourth-order valence-corrected chi connectivity index (χ4v) is 2.77. The quantitative estimate of drug-likeness (QED) is 0.838. The van der Waals surface area contributed by atoms with E-state index in [4.69, 9.17) is 9.47 Å². The highest BCUT2D eigenvalue weighted by atomic mass is 16.5. The van der Waals surface area contributed by atoms with Gasteiger partial charge in [-0.3, -0.25) is 4.79 Å². The number of morpholine rings is 1. The van der Waals surface area contributed by atoms with Crippen LogP contribution in [0.1, 0.15) is 11.1 Å². The van der Waals surface area contributed by atoms with Crippen molar-refractivity contribution >= 4 is 23.5 Å². The molecule has 3 rings (SSSR count). The molecule has 0 radical (unpaired) electrons. The molecule has 0 spiro atoms. The van der Waals surface area contributed by atoms with Crippen molar-refractivity contribution in [3.63, 3.8) is 0 Å². The minimum absolute atomic E-state index is 0.213. The van der Waals surface area contributed by atoms with Crippen molar-refractivity contribution in [2.45, 2.75) is 6.92 Å². The number of amides is 1. The van der Waals surface area contributed by atoms with Gasteiger partial charge in [0, 0.05) is 24.7 Å². The third-order valence-corrected chi connectivity index (χ3v) is 4.15. The molecule has 1 aromatic heterocycles. The summed E-state index contributed by atoms with van der Waals surface area (Å²) in [6.07, 6.45) is 4.91. The molecule has 6 nitrogen and oxygen atoms in total. The van der Waals surface area contributed by atoms with E-state index in [-0.39, 0.29) is 5.91 Å². The predicted molar refractivity (Wildman–Crippen MR) is 103 cm³/mol. The first-order valence-corrected chi connectivity index (χ1v) is 8.58. The molecule has 0 unspecified atom stereocenters. The van der Waals surface area contributed by atoms with Crippen LogP contribution in [0.15, 0.2) is 42.6 Å². The number of methoxy groups -OCH3 is 1. The Morgan fingerprint density at radius 1 is 1.27 bits per heavy atom. The van der Waals surface area contributed by atoms with Gasteiger partial charge in [0.05, 0.1) is 32.2 Å². The Kier molecular flexibility index (Phi) is 5.86. The number of benzene rings is 1. The lowest BCUT2D eigenvalue weighted by atomic mass is 10.1. The molecule has 26 heavy (non-hydrogen) atoms. The van der Waals surface area contributed by atoms with Gasteiger partial charge in [-0.2, -0.15) is 0 Å². The van der Waals surface area contributed by atoms with Crippen molar-refractivity contribution in [3.8, 4) is 5.75 Å². The van der Waals surface area contributed by atoms with E-state index in [1.165, 1.54) is 6.08 Å². The SMILES string of the molecule is COc1ccc(C)cc1/C=C/C(=O)Nc1ccc(N2CCOCC2)nc1. The highest BCUT2D eigenvalue weighted by Gasteiger charge is 2.12. The molecule has 1 aromatic carbocycles. The second-order valence-corrected chi connectivity index (χ2v) is 6.07. The normalized spacial score (nSPS) is 14.5. The number of ether oxygens (including phenoxy) is 2. The molecule has 2 aromatic rings. The maximum Gasteiger partial charge on any atom is 0.248 e. The lowest BCUT2D eigenvalue weighted by molar-refractivity contribution is -0.111. The fourth-order valence-electron chi connectivity index (χ4n) is 2.77. The van der Waals surface area contributed by atoms with Gasteiger partial charge in [0.1, 0.15) is 11.6 Å². The first kappa shape index (κ1) is 17.9. The molecule has 1 aliphatic rings. The standard InChI is InChI=1S/C20H23N3O3/c1-15-3-6-18(25-2)16(13-15)4-8-20(24)22-17-5-7-19(21-14-17)23-9-11-26-12-10-23/h3-8,13-14H,9-12H2,1-2H3,(H,22,24)/b8-4+. The van der Waals surface area contributed by atoms with E-state index < -0.39 is 0 Å². The monoisotopic (exact) mass is 353 g/mol. The van der Waals surface area contributed by atoms with E-state index in [0.717, 1.165) is 35.8 Å². The molecule has 0 bridgehead atoms. The summed E-state index contributed by atoms with van der Waals surface area (Å²) < 4.78 is 10.7. The van der Waals surface area contributed by atoms with E-state index >= 15 is 0 Å². The number of anilines is 2. The number of pyridine rings is 1. The molecule has 1 aliphatic heterocycles. The number of hydrogen-bond acceptors (Lipinski definition) is 5. The second-order valence-electron chi connectivity index (χ2n) is 6.07. The van der Waals surface area contributed by atoms with Crippen LogP contribution in [0.5, 0.6) is 5.75 Å². The number of nitrogens with one attached hydrogen (secondary N) is 1. The van der Waals surface area contributed by atoms with E-state index in [2.05, 4.69) is 15.2 Å². The smallest absolute Gasteiger partial charge is 0.248 e. The number of rotatable bonds is 5. The first-order valence-electron chi connectivity index (χ1n) is 8.58. The third kappa shape index (κ3) is 4.61. The van der Waals surface area contributed by atoms with Gasteiger partial charge >= 0.3 is 0 Å². The van der Waals surface area contributed by atoms with E-state index in [0.29, 0.717) is 18.9 Å². The molecule has 1 amide bonds. The summed E-state index contributed by atoms with van der Waals surface area (Å²) in [5, 5.41) is 2.82. The Balaban J connectivity index is 1.62. The number of aromatic nitrogens is 1. The van der Waals surface area contributed by atoms with Crippen molar-refractivity contribution in [1.29, 1.82) is 0 Å². The molecular formula is C20H23N3O3. The van der Waals surface area contributed by atoms with Gasteiger partial charge in [-0.25, -0.2) is 4.98 Å². The van der Waals surface area contributed by atoms with E-state index in [1.807, 2.05) is 37.3 Å². The van der Waals surface area contributed by atoms with Crippen LogP contribution in [-0.4, -0.2) is 44.3 Å². The van der Waals surface area contributed by atoms with Gasteiger partial charge in [-0.1, -0.05) is 11.6 Å². The molecule has 0 aliphatic carbocycles. The number of aryl methyl sites for hydroxylation is 1. The minimum Gasteiger partial charge on any atom is -0.496 e. The topological polar surface area (TPSA) is 63.7 Å². The number of hydrogen-bond donors (Lipinski definition) is 1. The summed E-state index contributed by atoms with van der Waals surface area (Å²) in [6.45, 7) is 5.10. The van der Waals surface area contributed by atoms with Crippen molar-refractivity contribution < 1.29 is 14.3 Å². The Morgan fingerprint density at radius 2 is 2.08 bits per heavy atom. The van der Waals surface area contributed by atoms with Crippen LogP contribution >= 0.6 is 0 Å². The van der Waals surface area contributed by atoms with Crippen LogP contribution in [0.3, 0.4) is 0 Å². The average Bonchev–Trinajstić information content (AvgIpc) is 2.68. The molecule has 0 saturated carbocycles. The zero-order valence-electron chi connectivity index (χ0n) is 15.1. The Hall–Kier alpha value is -2.86. The van der Waals surface area contributed by atoms with Crippen molar-refractivity contribution in [1.82, 2.24) is 4.98 Å². The first-order chi connectivity index (χ1) is 12.7. The van der Waals surface area contributed by atoms with Crippen molar-refractivity contribution in [3.05, 3.63) is 53.7 Å². The average molecular weight is 353 g/mol. The Bertz CT molecular complexity index is 781. The molecule has 136 valence electrons. The fraction of sp³-hybridized carbons (Fsp3) is 0.300. The molecule has 1 N–H and O–H groups in total. The largest absolute Gasteiger partial charge is 0.496 e. The lowest BCUT2D eigenvalue weighted by Gasteiger charge is -2.27. The number of carbonyl (C=O) groups excluding carboxylic acids is 1. The van der Waals surface area contributed by atoms with Crippen LogP contribution in [0.2, 0.25) is 0 Å². The Labute approximate surface area is 153 Å². The van der Waals surface area contributed by atoms with E-state index in [9.17, 15) is 4.79 Å². The molecule has 2 heterocycles. The lowest BCUT2D eigenvalue weighted by Crippen LogP contribution is -2.36. The van der Waals surface area contributed by atoms with Gasteiger partial charge < -0.3 is 19.7 Å². The van der Waals surface area contributed by atoms with Gasteiger partial charge in [0.2, 0.25) is 5.91 Å². The summed E-state index contributed by atoms with van der Waals surface area (Å²) in [5.41, 5.74) is 2.63. The molecule has 6 heteroatoms. The predicted octanol–water partition coefficient (Wildman–Crippen LogP) is 2.89. The van der Waals surface area contributed by atoms with Crippen LogP contribution in [-0.2, 0) is 9.53 Å². The summed E-state index contributed by atoms with van der Waals surface area (Å²) in [4.78, 5) is 18.8. The summed E-state index contributed by atoms with van der Waals surface area (Å²) in [7, 11) is 1.61. The highest BCUT2D eigenvalue weighted by Crippen LogP contribution is 2.21. The van der Waals surface area contributed by atoms with Crippen LogP contribution in [0.25, 0.3) is 6.08 Å². The number of carbonyl (C=O) groups is 1. The highest BCUT2D eigenvalue weighted by molar-refractivity contribution is 6.02. The Morgan fingerprint density at radius 3 is 2.77 bits per heavy atom. The summed E-state index contributed by atoms with van der Waals surface area (Å²) in [5.74, 6) is 1.41. The van der Waals surface area contributed by atoms with Gasteiger partial charge in [0.25, 0.3) is 0 Å². The third-order valence-electron chi connectivity index (χ3n) is 4.15. The maximum absolute atomic E-state index is 12.2. The molecule has 1 fully saturated rings. The van der Waals surface area contributed by atoms with E-state index in [1.54, 1.807) is 19.4 Å². The minimum atomic E-state index is -0.213. The van der Waals surface area contributed by atoms with Crippen LogP contribution < -0.4 is 15.0 Å². The zero-order chi connectivity index (χ0) is 18.4. The molecule has 0 atom stereocenters. The van der Waals surface area contributed by atoms with Crippen LogP contribution in [0, 0.1) is 6.92 Å². The van der Waals surface area contributed by atoms with Gasteiger partial charge in [-0.05, 0) is 37.3 Å². The van der Waals surface area contributed by atoms with Crippen molar-refractivity contribution in [2.75, 3.05) is 43.6 Å².